The van der Waals surface area contributed by atoms with Crippen molar-refractivity contribution in [3.8, 4) is 0 Å². The number of halogens is 1. The SMILES string of the molecule is Nc1ccc(N2CCCOC2=O)cc1Br. The Morgan fingerprint density at radius 3 is 2.93 bits per heavy atom. The zero-order valence-electron chi connectivity index (χ0n) is 8.07. The molecule has 1 saturated heterocycles. The molecule has 1 fully saturated rings. The van der Waals surface area contributed by atoms with E-state index in [0.29, 0.717) is 18.8 Å². The van der Waals surface area contributed by atoms with Crippen LogP contribution in [0, 0.1) is 0 Å². The molecule has 0 atom stereocenters. The first kappa shape index (κ1) is 10.3. The molecule has 1 aliphatic rings. The minimum absolute atomic E-state index is 0.294. The van der Waals surface area contributed by atoms with Crippen molar-refractivity contribution in [1.29, 1.82) is 0 Å². The number of anilines is 2. The summed E-state index contributed by atoms with van der Waals surface area (Å²) in [5, 5.41) is 0. The van der Waals surface area contributed by atoms with E-state index in [1.807, 2.05) is 12.1 Å². The summed E-state index contributed by atoms with van der Waals surface area (Å²) >= 11 is 3.33. The standard InChI is InChI=1S/C10H11BrN2O2/c11-8-6-7(2-3-9(8)12)13-4-1-5-15-10(13)14/h2-3,6H,1,4-5,12H2. The van der Waals surface area contributed by atoms with E-state index >= 15 is 0 Å². The van der Waals surface area contributed by atoms with Crippen molar-refractivity contribution >= 4 is 33.4 Å². The summed E-state index contributed by atoms with van der Waals surface area (Å²) in [5.41, 5.74) is 7.13. The molecule has 1 aliphatic heterocycles. The molecule has 1 aromatic rings. The molecule has 0 spiro atoms. The number of cyclic esters (lactones) is 1. The van der Waals surface area contributed by atoms with Crippen molar-refractivity contribution in [2.75, 3.05) is 23.8 Å². The minimum atomic E-state index is -0.294. The maximum atomic E-state index is 11.4. The summed E-state index contributed by atoms with van der Waals surface area (Å²) in [6, 6.07) is 5.40. The minimum Gasteiger partial charge on any atom is -0.449 e. The quantitative estimate of drug-likeness (QED) is 0.798. The van der Waals surface area contributed by atoms with Gasteiger partial charge in [0.2, 0.25) is 0 Å². The molecule has 15 heavy (non-hydrogen) atoms. The molecule has 0 radical (unpaired) electrons. The largest absolute Gasteiger partial charge is 0.449 e. The molecular formula is C10H11BrN2O2. The van der Waals surface area contributed by atoms with Gasteiger partial charge in [-0.2, -0.15) is 0 Å². The van der Waals surface area contributed by atoms with E-state index in [2.05, 4.69) is 15.9 Å². The summed E-state index contributed by atoms with van der Waals surface area (Å²) in [5.74, 6) is 0. The number of hydrogen-bond donors (Lipinski definition) is 1. The number of hydrogen-bond acceptors (Lipinski definition) is 3. The van der Waals surface area contributed by atoms with E-state index in [1.165, 1.54) is 0 Å². The predicted octanol–water partition coefficient (Wildman–Crippen LogP) is 2.38. The van der Waals surface area contributed by atoms with Gasteiger partial charge in [-0.05, 0) is 40.5 Å². The molecule has 1 amide bonds. The van der Waals surface area contributed by atoms with Gasteiger partial charge in [-0.25, -0.2) is 4.79 Å². The molecule has 0 aromatic heterocycles. The Kier molecular flexibility index (Phi) is 2.81. The first-order valence-electron chi connectivity index (χ1n) is 4.68. The molecule has 1 aromatic carbocycles. The van der Waals surface area contributed by atoms with Gasteiger partial charge in [0.15, 0.2) is 0 Å². The van der Waals surface area contributed by atoms with Crippen molar-refractivity contribution in [1.82, 2.24) is 0 Å². The van der Waals surface area contributed by atoms with Gasteiger partial charge in [0.25, 0.3) is 0 Å². The van der Waals surface area contributed by atoms with E-state index in [0.717, 1.165) is 16.6 Å². The second kappa shape index (κ2) is 4.10. The Labute approximate surface area is 96.1 Å². The molecule has 1 heterocycles. The van der Waals surface area contributed by atoms with Gasteiger partial charge in [-0.15, -0.1) is 0 Å². The smallest absolute Gasteiger partial charge is 0.414 e. The molecule has 2 N–H and O–H groups in total. The molecule has 2 rings (SSSR count). The van der Waals surface area contributed by atoms with Crippen LogP contribution in [0.3, 0.4) is 0 Å². The normalized spacial score (nSPS) is 16.3. The van der Waals surface area contributed by atoms with Crippen LogP contribution >= 0.6 is 15.9 Å². The fourth-order valence-electron chi connectivity index (χ4n) is 1.47. The predicted molar refractivity (Wildman–Crippen MR) is 61.9 cm³/mol. The van der Waals surface area contributed by atoms with Gasteiger partial charge in [-0.3, -0.25) is 4.90 Å². The van der Waals surface area contributed by atoms with Crippen molar-refractivity contribution in [2.24, 2.45) is 0 Å². The number of amides is 1. The van der Waals surface area contributed by atoms with Crippen LogP contribution in [0.1, 0.15) is 6.42 Å². The lowest BCUT2D eigenvalue weighted by Gasteiger charge is -2.26. The fourth-order valence-corrected chi connectivity index (χ4v) is 1.84. The van der Waals surface area contributed by atoms with E-state index in [4.69, 9.17) is 10.5 Å². The topological polar surface area (TPSA) is 55.6 Å². The first-order chi connectivity index (χ1) is 7.18. The fraction of sp³-hybridized carbons (Fsp3) is 0.300. The number of ether oxygens (including phenoxy) is 1. The number of carbonyl (C=O) groups is 1. The van der Waals surface area contributed by atoms with E-state index in [-0.39, 0.29) is 6.09 Å². The Balaban J connectivity index is 2.28. The van der Waals surface area contributed by atoms with E-state index < -0.39 is 0 Å². The highest BCUT2D eigenvalue weighted by atomic mass is 79.9. The van der Waals surface area contributed by atoms with E-state index in [1.54, 1.807) is 11.0 Å². The van der Waals surface area contributed by atoms with Crippen molar-refractivity contribution < 1.29 is 9.53 Å². The van der Waals surface area contributed by atoms with Crippen LogP contribution in [0.15, 0.2) is 22.7 Å². The Morgan fingerprint density at radius 2 is 2.27 bits per heavy atom. The average Bonchev–Trinajstić information content (AvgIpc) is 2.23. The zero-order chi connectivity index (χ0) is 10.8. The maximum absolute atomic E-state index is 11.4. The molecule has 0 aliphatic carbocycles. The summed E-state index contributed by atoms with van der Waals surface area (Å²) in [4.78, 5) is 13.1. The molecule has 0 saturated carbocycles. The Morgan fingerprint density at radius 1 is 1.47 bits per heavy atom. The second-order valence-corrected chi connectivity index (χ2v) is 4.18. The molecule has 5 heteroatoms. The van der Waals surface area contributed by atoms with Crippen molar-refractivity contribution in [3.63, 3.8) is 0 Å². The summed E-state index contributed by atoms with van der Waals surface area (Å²) in [7, 11) is 0. The van der Waals surface area contributed by atoms with Crippen LogP contribution in [-0.2, 0) is 4.74 Å². The van der Waals surface area contributed by atoms with Crippen molar-refractivity contribution in [2.45, 2.75) is 6.42 Å². The zero-order valence-corrected chi connectivity index (χ0v) is 9.66. The van der Waals surface area contributed by atoms with Crippen LogP contribution in [0.25, 0.3) is 0 Å². The lowest BCUT2D eigenvalue weighted by Crippen LogP contribution is -2.37. The number of nitrogens with zero attached hydrogens (tertiary/aromatic N) is 1. The maximum Gasteiger partial charge on any atom is 0.414 e. The highest BCUT2D eigenvalue weighted by Crippen LogP contribution is 2.27. The number of carbonyl (C=O) groups excluding carboxylic acids is 1. The molecule has 0 bridgehead atoms. The average molecular weight is 271 g/mol. The van der Waals surface area contributed by atoms with E-state index in [9.17, 15) is 4.79 Å². The molecule has 4 nitrogen and oxygen atoms in total. The highest BCUT2D eigenvalue weighted by Gasteiger charge is 2.21. The number of nitrogens with two attached hydrogens (primary N) is 1. The molecule has 0 unspecified atom stereocenters. The van der Waals surface area contributed by atoms with Gasteiger partial charge in [0.05, 0.1) is 6.61 Å². The highest BCUT2D eigenvalue weighted by molar-refractivity contribution is 9.10. The third kappa shape index (κ3) is 2.07. The van der Waals surface area contributed by atoms with Crippen LogP contribution < -0.4 is 10.6 Å². The number of nitrogen functional groups attached to an aromatic ring is 1. The number of rotatable bonds is 1. The van der Waals surface area contributed by atoms with Gasteiger partial charge in [-0.1, -0.05) is 0 Å². The lowest BCUT2D eigenvalue weighted by atomic mass is 10.2. The summed E-state index contributed by atoms with van der Waals surface area (Å²) in [6.45, 7) is 1.20. The summed E-state index contributed by atoms with van der Waals surface area (Å²) < 4.78 is 5.75. The van der Waals surface area contributed by atoms with Gasteiger partial charge in [0.1, 0.15) is 0 Å². The monoisotopic (exact) mass is 270 g/mol. The third-order valence-electron chi connectivity index (χ3n) is 2.27. The Bertz CT molecular complexity index is 395. The Hall–Kier alpha value is -1.23. The second-order valence-electron chi connectivity index (χ2n) is 3.33. The third-order valence-corrected chi connectivity index (χ3v) is 2.95. The van der Waals surface area contributed by atoms with Crippen LogP contribution in [-0.4, -0.2) is 19.2 Å². The van der Waals surface area contributed by atoms with Crippen LogP contribution in [0.5, 0.6) is 0 Å². The van der Waals surface area contributed by atoms with Crippen LogP contribution in [0.2, 0.25) is 0 Å². The summed E-state index contributed by atoms with van der Waals surface area (Å²) in [6.07, 6.45) is 0.561. The molecule has 80 valence electrons. The molecular weight excluding hydrogens is 260 g/mol. The van der Waals surface area contributed by atoms with Gasteiger partial charge < -0.3 is 10.5 Å². The number of benzene rings is 1. The van der Waals surface area contributed by atoms with Crippen molar-refractivity contribution in [3.05, 3.63) is 22.7 Å². The first-order valence-corrected chi connectivity index (χ1v) is 5.47. The lowest BCUT2D eigenvalue weighted by molar-refractivity contribution is 0.140. The van der Waals surface area contributed by atoms with Gasteiger partial charge in [0, 0.05) is 22.4 Å². The van der Waals surface area contributed by atoms with Crippen LogP contribution in [0.4, 0.5) is 16.2 Å². The van der Waals surface area contributed by atoms with Gasteiger partial charge >= 0.3 is 6.09 Å².